The van der Waals surface area contributed by atoms with E-state index in [1.807, 2.05) is 41.3 Å². The molecule has 6 nitrogen and oxygen atoms in total. The van der Waals surface area contributed by atoms with Crippen LogP contribution in [0.2, 0.25) is 0 Å². The number of fused-ring (bicyclic) bond motifs is 1. The lowest BCUT2D eigenvalue weighted by molar-refractivity contribution is -0.136. The summed E-state index contributed by atoms with van der Waals surface area (Å²) < 4.78 is 0. The smallest absolute Gasteiger partial charge is 0.240 e. The molecule has 1 aliphatic rings. The first-order chi connectivity index (χ1) is 12.7. The van der Waals surface area contributed by atoms with Crippen LogP contribution in [0.4, 0.5) is 5.82 Å². The van der Waals surface area contributed by atoms with Crippen LogP contribution in [0.15, 0.2) is 54.9 Å². The molecule has 26 heavy (non-hydrogen) atoms. The van der Waals surface area contributed by atoms with Crippen molar-refractivity contribution in [3.63, 3.8) is 0 Å². The maximum atomic E-state index is 12.9. The molecule has 3 aromatic rings. The summed E-state index contributed by atoms with van der Waals surface area (Å²) in [6.45, 7) is 2.08. The zero-order valence-electron chi connectivity index (χ0n) is 14.4. The van der Waals surface area contributed by atoms with Crippen molar-refractivity contribution in [3.8, 4) is 0 Å². The van der Waals surface area contributed by atoms with Gasteiger partial charge in [0.25, 0.3) is 0 Å². The number of nitrogens with one attached hydrogen (secondary N) is 1. The van der Waals surface area contributed by atoms with Crippen LogP contribution >= 0.6 is 0 Å². The molecular weight excluding hydrogens is 326 g/mol. The van der Waals surface area contributed by atoms with E-state index < -0.39 is 0 Å². The van der Waals surface area contributed by atoms with Crippen molar-refractivity contribution in [2.24, 2.45) is 0 Å². The minimum Gasteiger partial charge on any atom is -0.383 e. The number of nitrogens with zero attached hydrogens (tertiary/aromatic N) is 3. The molecule has 132 valence electrons. The first kappa shape index (κ1) is 16.5. The van der Waals surface area contributed by atoms with Gasteiger partial charge in [-0.05, 0) is 29.7 Å². The molecule has 1 fully saturated rings. The van der Waals surface area contributed by atoms with Gasteiger partial charge < -0.3 is 16.0 Å². The lowest BCUT2D eigenvalue weighted by Gasteiger charge is -2.33. The van der Waals surface area contributed by atoms with E-state index in [1.54, 1.807) is 0 Å². The number of aromatic nitrogens is 2. The van der Waals surface area contributed by atoms with Gasteiger partial charge in [0.15, 0.2) is 0 Å². The highest BCUT2D eigenvalue weighted by Crippen LogP contribution is 2.19. The maximum Gasteiger partial charge on any atom is 0.240 e. The summed E-state index contributed by atoms with van der Waals surface area (Å²) in [5.41, 5.74) is 8.89. The van der Waals surface area contributed by atoms with Crippen LogP contribution in [0, 0.1) is 0 Å². The van der Waals surface area contributed by atoms with Gasteiger partial charge in [-0.25, -0.2) is 9.97 Å². The lowest BCUT2D eigenvalue weighted by Crippen LogP contribution is -2.55. The molecule has 0 radical (unpaired) electrons. The van der Waals surface area contributed by atoms with Gasteiger partial charge in [-0.15, -0.1) is 0 Å². The molecule has 1 saturated heterocycles. The molecule has 1 aliphatic heterocycles. The van der Waals surface area contributed by atoms with E-state index >= 15 is 0 Å². The third kappa shape index (κ3) is 3.36. The second-order valence-corrected chi connectivity index (χ2v) is 6.57. The molecule has 2 heterocycles. The Morgan fingerprint density at radius 1 is 1.12 bits per heavy atom. The zero-order valence-corrected chi connectivity index (χ0v) is 14.4. The van der Waals surface area contributed by atoms with Crippen LogP contribution in [0.3, 0.4) is 0 Å². The summed E-state index contributed by atoms with van der Waals surface area (Å²) in [6.07, 6.45) is 2.17. The quantitative estimate of drug-likeness (QED) is 0.751. The number of nitrogens with two attached hydrogens (primary N) is 1. The van der Waals surface area contributed by atoms with E-state index in [0.717, 1.165) is 28.6 Å². The second kappa shape index (κ2) is 7.09. The topological polar surface area (TPSA) is 84.1 Å². The Balaban J connectivity index is 1.50. The third-order valence-corrected chi connectivity index (χ3v) is 4.77. The largest absolute Gasteiger partial charge is 0.383 e. The van der Waals surface area contributed by atoms with Crippen molar-refractivity contribution in [2.75, 3.05) is 18.8 Å². The van der Waals surface area contributed by atoms with E-state index in [9.17, 15) is 4.79 Å². The minimum atomic E-state index is -0.176. The molecule has 2 aromatic carbocycles. The number of hydrogen-bond acceptors (Lipinski definition) is 5. The van der Waals surface area contributed by atoms with E-state index in [1.165, 1.54) is 6.33 Å². The summed E-state index contributed by atoms with van der Waals surface area (Å²) >= 11 is 0. The number of nitrogen functional groups attached to an aromatic ring is 1. The molecule has 1 amide bonds. The Bertz CT molecular complexity index is 928. The lowest BCUT2D eigenvalue weighted by atomic mass is 10.0. The molecule has 3 N–H and O–H groups in total. The van der Waals surface area contributed by atoms with E-state index in [0.29, 0.717) is 25.3 Å². The fourth-order valence-corrected chi connectivity index (χ4v) is 3.40. The second-order valence-electron chi connectivity index (χ2n) is 6.57. The van der Waals surface area contributed by atoms with Gasteiger partial charge in [-0.2, -0.15) is 0 Å². The van der Waals surface area contributed by atoms with Crippen LogP contribution in [0.25, 0.3) is 10.9 Å². The molecular formula is C20H21N5O. The highest BCUT2D eigenvalue weighted by Gasteiger charge is 2.28. The first-order valence-corrected chi connectivity index (χ1v) is 8.76. The van der Waals surface area contributed by atoms with E-state index in [-0.39, 0.29) is 11.9 Å². The third-order valence-electron chi connectivity index (χ3n) is 4.77. The molecule has 6 heteroatoms. The molecule has 1 atom stereocenters. The van der Waals surface area contributed by atoms with Crippen molar-refractivity contribution in [1.29, 1.82) is 0 Å². The number of hydrogen-bond donors (Lipinski definition) is 2. The zero-order chi connectivity index (χ0) is 17.9. The highest BCUT2D eigenvalue weighted by molar-refractivity contribution is 5.88. The van der Waals surface area contributed by atoms with Crippen LogP contribution in [-0.4, -0.2) is 39.9 Å². The molecule has 1 unspecified atom stereocenters. The summed E-state index contributed by atoms with van der Waals surface area (Å²) in [5.74, 6) is 0.616. The van der Waals surface area contributed by atoms with Crippen LogP contribution in [-0.2, 0) is 17.8 Å². The number of carbonyl (C=O) groups is 1. The van der Waals surface area contributed by atoms with Gasteiger partial charge >= 0.3 is 0 Å². The van der Waals surface area contributed by atoms with Crippen molar-refractivity contribution >= 4 is 22.6 Å². The molecule has 0 spiro atoms. The number of rotatable bonds is 4. The maximum absolute atomic E-state index is 12.9. The minimum absolute atomic E-state index is 0.141. The highest BCUT2D eigenvalue weighted by atomic mass is 16.2. The number of benzene rings is 2. The average Bonchev–Trinajstić information content (AvgIpc) is 2.66. The summed E-state index contributed by atoms with van der Waals surface area (Å²) in [7, 11) is 0. The Morgan fingerprint density at radius 2 is 1.96 bits per heavy atom. The Hall–Kier alpha value is -2.99. The van der Waals surface area contributed by atoms with Crippen LogP contribution < -0.4 is 11.1 Å². The van der Waals surface area contributed by atoms with Crippen LogP contribution in [0.5, 0.6) is 0 Å². The molecule has 0 saturated carbocycles. The molecule has 4 rings (SSSR count). The van der Waals surface area contributed by atoms with Gasteiger partial charge in [0.2, 0.25) is 5.91 Å². The van der Waals surface area contributed by atoms with Crippen molar-refractivity contribution in [2.45, 2.75) is 19.0 Å². The fourth-order valence-electron chi connectivity index (χ4n) is 3.40. The fraction of sp³-hybridized carbons (Fsp3) is 0.250. The van der Waals surface area contributed by atoms with Gasteiger partial charge in [0.05, 0.1) is 11.6 Å². The summed E-state index contributed by atoms with van der Waals surface area (Å²) in [5, 5.41) is 4.18. The first-order valence-electron chi connectivity index (χ1n) is 8.76. The Kier molecular flexibility index (Phi) is 4.50. The van der Waals surface area contributed by atoms with E-state index in [4.69, 9.17) is 5.73 Å². The van der Waals surface area contributed by atoms with Gasteiger partial charge in [-0.3, -0.25) is 4.79 Å². The number of piperazine rings is 1. The SMILES string of the molecule is Nc1ncnc2cc(CN3CCNC(Cc4ccccc4)C3=O)ccc12. The monoisotopic (exact) mass is 347 g/mol. The predicted molar refractivity (Wildman–Crippen MR) is 101 cm³/mol. The molecule has 0 aliphatic carbocycles. The Morgan fingerprint density at radius 3 is 2.81 bits per heavy atom. The van der Waals surface area contributed by atoms with Crippen molar-refractivity contribution < 1.29 is 4.79 Å². The predicted octanol–water partition coefficient (Wildman–Crippen LogP) is 1.76. The average molecular weight is 347 g/mol. The number of anilines is 1. The molecule has 1 aromatic heterocycles. The van der Waals surface area contributed by atoms with Crippen molar-refractivity contribution in [1.82, 2.24) is 20.2 Å². The Labute approximate surface area is 152 Å². The summed E-state index contributed by atoms with van der Waals surface area (Å²) in [4.78, 5) is 23.1. The van der Waals surface area contributed by atoms with Gasteiger partial charge in [0, 0.05) is 25.0 Å². The number of carbonyl (C=O) groups excluding carboxylic acids is 1. The van der Waals surface area contributed by atoms with Gasteiger partial charge in [-0.1, -0.05) is 36.4 Å². The standard InChI is InChI=1S/C20H21N5O/c21-19-16-7-6-15(11-17(16)23-13-24-19)12-25-9-8-22-18(20(25)26)10-14-4-2-1-3-5-14/h1-7,11,13,18,22H,8-10,12H2,(H2,21,23,24). The number of amides is 1. The molecule has 0 bridgehead atoms. The van der Waals surface area contributed by atoms with Crippen molar-refractivity contribution in [3.05, 3.63) is 66.0 Å². The normalized spacial score (nSPS) is 17.6. The van der Waals surface area contributed by atoms with Crippen LogP contribution in [0.1, 0.15) is 11.1 Å². The summed E-state index contributed by atoms with van der Waals surface area (Å²) in [6, 6.07) is 15.8. The van der Waals surface area contributed by atoms with Gasteiger partial charge in [0.1, 0.15) is 12.1 Å². The van der Waals surface area contributed by atoms with E-state index in [2.05, 4.69) is 27.4 Å².